The van der Waals surface area contributed by atoms with Gasteiger partial charge in [-0.2, -0.15) is 9.29 Å². The Hall–Kier alpha value is -3.24. The van der Waals surface area contributed by atoms with E-state index in [0.717, 1.165) is 18.4 Å². The van der Waals surface area contributed by atoms with Gasteiger partial charge in [0.1, 0.15) is 10.6 Å². The van der Waals surface area contributed by atoms with Gasteiger partial charge < -0.3 is 14.2 Å². The predicted octanol–water partition coefficient (Wildman–Crippen LogP) is 3.23. The summed E-state index contributed by atoms with van der Waals surface area (Å²) in [5, 5.41) is 3.85. The third-order valence-electron chi connectivity index (χ3n) is 5.95. The largest absolute Gasteiger partial charge is 0.495 e. The van der Waals surface area contributed by atoms with Gasteiger partial charge in [-0.3, -0.25) is 4.79 Å². The number of nitrogens with zero attached hydrogens (tertiary/aromatic N) is 4. The van der Waals surface area contributed by atoms with Crippen molar-refractivity contribution in [2.24, 2.45) is 0 Å². The third-order valence-corrected chi connectivity index (χ3v) is 7.77. The van der Waals surface area contributed by atoms with Crippen LogP contribution in [0.4, 0.5) is 0 Å². The minimum Gasteiger partial charge on any atom is -0.495 e. The Morgan fingerprint density at radius 1 is 1.24 bits per heavy atom. The second-order valence-corrected chi connectivity index (χ2v) is 10.4. The van der Waals surface area contributed by atoms with E-state index in [-0.39, 0.29) is 34.6 Å². The van der Waals surface area contributed by atoms with Crippen molar-refractivity contribution < 1.29 is 22.5 Å². The van der Waals surface area contributed by atoms with E-state index in [0.29, 0.717) is 24.8 Å². The van der Waals surface area contributed by atoms with Crippen LogP contribution in [0, 0.1) is 6.92 Å². The van der Waals surface area contributed by atoms with Crippen molar-refractivity contribution in [1.29, 1.82) is 0 Å². The number of benzene rings is 2. The van der Waals surface area contributed by atoms with Crippen molar-refractivity contribution >= 4 is 15.9 Å². The standard InChI is InChI=1S/C24H28N4O5S/c1-17-25-23(33-26-17)20-10-7-13-28(16-20)24(29)19-11-12-21(32-3)22(14-19)34(30,31)27(2)15-18-8-5-4-6-9-18/h4-6,8-9,11-12,14,20H,7,10,13,15-16H2,1-3H3. The molecule has 3 aromatic rings. The number of methoxy groups -OCH3 is 1. The van der Waals surface area contributed by atoms with Gasteiger partial charge in [0, 0.05) is 32.2 Å². The molecular weight excluding hydrogens is 456 g/mol. The molecule has 180 valence electrons. The Morgan fingerprint density at radius 3 is 2.68 bits per heavy atom. The number of amides is 1. The molecule has 1 fully saturated rings. The lowest BCUT2D eigenvalue weighted by molar-refractivity contribution is 0.0695. The second kappa shape index (κ2) is 9.94. The Balaban J connectivity index is 1.58. The lowest BCUT2D eigenvalue weighted by Crippen LogP contribution is -2.39. The zero-order valence-electron chi connectivity index (χ0n) is 19.5. The van der Waals surface area contributed by atoms with Gasteiger partial charge in [-0.05, 0) is 43.5 Å². The van der Waals surface area contributed by atoms with Crippen molar-refractivity contribution in [3.63, 3.8) is 0 Å². The average molecular weight is 485 g/mol. The van der Waals surface area contributed by atoms with Crippen LogP contribution in [0.2, 0.25) is 0 Å². The highest BCUT2D eigenvalue weighted by Crippen LogP contribution is 2.31. The number of aromatic nitrogens is 2. The van der Waals surface area contributed by atoms with Crippen molar-refractivity contribution in [3.05, 3.63) is 71.4 Å². The molecule has 1 aliphatic heterocycles. The number of rotatable bonds is 7. The molecule has 0 aliphatic carbocycles. The Labute approximate surface area is 199 Å². The molecule has 2 heterocycles. The first kappa shape index (κ1) is 23.9. The van der Waals surface area contributed by atoms with Crippen LogP contribution in [-0.4, -0.2) is 60.9 Å². The molecule has 9 nitrogen and oxygen atoms in total. The molecular formula is C24H28N4O5S. The molecule has 0 bridgehead atoms. The molecule has 1 unspecified atom stereocenters. The summed E-state index contributed by atoms with van der Waals surface area (Å²) >= 11 is 0. The molecule has 4 rings (SSSR count). The van der Waals surface area contributed by atoms with E-state index < -0.39 is 10.0 Å². The van der Waals surface area contributed by atoms with Gasteiger partial charge in [0.15, 0.2) is 5.82 Å². The van der Waals surface area contributed by atoms with E-state index in [1.54, 1.807) is 17.9 Å². The number of sulfonamides is 1. The lowest BCUT2D eigenvalue weighted by Gasteiger charge is -2.31. The molecule has 0 saturated carbocycles. The van der Waals surface area contributed by atoms with Crippen LogP contribution in [0.3, 0.4) is 0 Å². The summed E-state index contributed by atoms with van der Waals surface area (Å²) in [6.45, 7) is 2.96. The van der Waals surface area contributed by atoms with Gasteiger partial charge in [0.05, 0.1) is 13.0 Å². The summed E-state index contributed by atoms with van der Waals surface area (Å²) in [7, 11) is -0.990. The van der Waals surface area contributed by atoms with Crippen molar-refractivity contribution in [2.75, 3.05) is 27.2 Å². The molecule has 0 N–H and O–H groups in total. The van der Waals surface area contributed by atoms with Crippen LogP contribution in [-0.2, 0) is 16.6 Å². The van der Waals surface area contributed by atoms with Crippen LogP contribution in [0.15, 0.2) is 57.9 Å². The summed E-state index contributed by atoms with van der Waals surface area (Å²) in [5.74, 6) is 0.982. The van der Waals surface area contributed by atoms with E-state index >= 15 is 0 Å². The maximum absolute atomic E-state index is 13.4. The highest BCUT2D eigenvalue weighted by atomic mass is 32.2. The summed E-state index contributed by atoms with van der Waals surface area (Å²) < 4.78 is 38.7. The predicted molar refractivity (Wildman–Crippen MR) is 125 cm³/mol. The fourth-order valence-electron chi connectivity index (χ4n) is 4.13. The Bertz CT molecular complexity index is 1260. The van der Waals surface area contributed by atoms with Gasteiger partial charge in [0.2, 0.25) is 15.9 Å². The highest BCUT2D eigenvalue weighted by Gasteiger charge is 2.31. The van der Waals surface area contributed by atoms with Crippen molar-refractivity contribution in [3.8, 4) is 5.75 Å². The molecule has 1 amide bonds. The van der Waals surface area contributed by atoms with E-state index in [4.69, 9.17) is 9.26 Å². The van der Waals surface area contributed by atoms with Crippen molar-refractivity contribution in [2.45, 2.75) is 37.1 Å². The molecule has 2 aromatic carbocycles. The molecule has 1 saturated heterocycles. The van der Waals surface area contributed by atoms with Gasteiger partial charge in [0.25, 0.3) is 5.91 Å². The molecule has 1 aliphatic rings. The molecule has 10 heteroatoms. The number of hydrogen-bond donors (Lipinski definition) is 0. The maximum atomic E-state index is 13.4. The summed E-state index contributed by atoms with van der Waals surface area (Å²) in [6, 6.07) is 13.8. The SMILES string of the molecule is COc1ccc(C(=O)N2CCCC(c3nc(C)no3)C2)cc1S(=O)(=O)N(C)Cc1ccccc1. The minimum absolute atomic E-state index is 0.0413. The number of hydrogen-bond acceptors (Lipinski definition) is 7. The van der Waals surface area contributed by atoms with Crippen LogP contribution < -0.4 is 4.74 Å². The third kappa shape index (κ3) is 4.97. The van der Waals surface area contributed by atoms with Crippen LogP contribution in [0.25, 0.3) is 0 Å². The topological polar surface area (TPSA) is 106 Å². The van der Waals surface area contributed by atoms with Crippen LogP contribution in [0.5, 0.6) is 5.75 Å². The quantitative estimate of drug-likeness (QED) is 0.507. The molecule has 34 heavy (non-hydrogen) atoms. The molecule has 1 aromatic heterocycles. The minimum atomic E-state index is -3.91. The zero-order chi connectivity index (χ0) is 24.3. The monoisotopic (exact) mass is 484 g/mol. The summed E-state index contributed by atoms with van der Waals surface area (Å²) in [5.41, 5.74) is 1.14. The number of aryl methyl sites for hydroxylation is 1. The zero-order valence-corrected chi connectivity index (χ0v) is 20.3. The first-order valence-corrected chi connectivity index (χ1v) is 12.5. The normalized spacial score (nSPS) is 16.6. The number of piperidine rings is 1. The van der Waals surface area contributed by atoms with Crippen LogP contribution >= 0.6 is 0 Å². The van der Waals surface area contributed by atoms with Gasteiger partial charge in [-0.25, -0.2) is 8.42 Å². The lowest BCUT2D eigenvalue weighted by atomic mass is 9.97. The first-order valence-electron chi connectivity index (χ1n) is 11.1. The second-order valence-electron chi connectivity index (χ2n) is 8.38. The van der Waals surface area contributed by atoms with Gasteiger partial charge in [-0.1, -0.05) is 35.5 Å². The fraction of sp³-hybridized carbons (Fsp3) is 0.375. The highest BCUT2D eigenvalue weighted by molar-refractivity contribution is 7.89. The number of ether oxygens (including phenoxy) is 1. The van der Waals surface area contributed by atoms with E-state index in [9.17, 15) is 13.2 Å². The number of carbonyl (C=O) groups excluding carboxylic acids is 1. The van der Waals surface area contributed by atoms with E-state index in [2.05, 4.69) is 10.1 Å². The Morgan fingerprint density at radius 2 is 2.00 bits per heavy atom. The van der Waals surface area contributed by atoms with Crippen molar-refractivity contribution in [1.82, 2.24) is 19.3 Å². The maximum Gasteiger partial charge on any atom is 0.253 e. The fourth-order valence-corrected chi connectivity index (χ4v) is 5.47. The molecule has 0 spiro atoms. The molecule has 0 radical (unpaired) electrons. The van der Waals surface area contributed by atoms with Gasteiger partial charge >= 0.3 is 0 Å². The molecule has 1 atom stereocenters. The number of likely N-dealkylation sites (tertiary alicyclic amines) is 1. The smallest absolute Gasteiger partial charge is 0.253 e. The number of carbonyl (C=O) groups is 1. The summed E-state index contributed by atoms with van der Waals surface area (Å²) in [4.78, 5) is 19.3. The first-order chi connectivity index (χ1) is 16.3. The van der Waals surface area contributed by atoms with E-state index in [1.807, 2.05) is 30.3 Å². The van der Waals surface area contributed by atoms with Crippen LogP contribution in [0.1, 0.15) is 46.4 Å². The van der Waals surface area contributed by atoms with E-state index in [1.165, 1.54) is 30.6 Å². The summed E-state index contributed by atoms with van der Waals surface area (Å²) in [6.07, 6.45) is 1.64. The average Bonchev–Trinajstić information content (AvgIpc) is 3.30. The Kier molecular flexibility index (Phi) is 6.99. The van der Waals surface area contributed by atoms with Gasteiger partial charge in [-0.15, -0.1) is 0 Å².